The molecule has 0 bridgehead atoms. The van der Waals surface area contributed by atoms with Crippen molar-refractivity contribution in [2.24, 2.45) is 0 Å². The molecule has 132 valence electrons. The first kappa shape index (κ1) is 18.0. The van der Waals surface area contributed by atoms with Gasteiger partial charge < -0.3 is 19.7 Å². The van der Waals surface area contributed by atoms with Gasteiger partial charge in [0.05, 0.1) is 26.4 Å². The van der Waals surface area contributed by atoms with Crippen LogP contribution in [-0.2, 0) is 14.3 Å². The van der Waals surface area contributed by atoms with Crippen molar-refractivity contribution < 1.29 is 19.1 Å². The van der Waals surface area contributed by atoms with Gasteiger partial charge in [0, 0.05) is 52.4 Å². The monoisotopic (exact) mass is 328 g/mol. The number of morpholine rings is 1. The molecular weight excluding hydrogens is 300 g/mol. The van der Waals surface area contributed by atoms with Gasteiger partial charge in [0.15, 0.2) is 0 Å². The molecular formula is C15H28N4O4. The SMILES string of the molecule is CCOC(=O)N1CCN(CC(=O)NCCN2CCOCC2)CC1. The third-order valence-corrected chi connectivity index (χ3v) is 4.12. The number of nitrogens with one attached hydrogen (secondary N) is 1. The second-order valence-electron chi connectivity index (χ2n) is 5.77. The van der Waals surface area contributed by atoms with E-state index in [2.05, 4.69) is 15.1 Å². The predicted molar refractivity (Wildman–Crippen MR) is 85.3 cm³/mol. The van der Waals surface area contributed by atoms with Gasteiger partial charge in [0.2, 0.25) is 5.91 Å². The van der Waals surface area contributed by atoms with Gasteiger partial charge in [-0.1, -0.05) is 0 Å². The maximum atomic E-state index is 12.0. The highest BCUT2D eigenvalue weighted by atomic mass is 16.6. The van der Waals surface area contributed by atoms with E-state index < -0.39 is 0 Å². The zero-order chi connectivity index (χ0) is 16.5. The summed E-state index contributed by atoms with van der Waals surface area (Å²) in [7, 11) is 0. The molecule has 0 spiro atoms. The standard InChI is InChI=1S/C15H28N4O4/c1-2-23-15(21)19-7-5-18(6-8-19)13-14(20)16-3-4-17-9-11-22-12-10-17/h2-13H2,1H3,(H,16,20). The summed E-state index contributed by atoms with van der Waals surface area (Å²) >= 11 is 0. The van der Waals surface area contributed by atoms with Gasteiger partial charge in [-0.25, -0.2) is 4.79 Å². The molecule has 0 unspecified atom stereocenters. The first-order valence-corrected chi connectivity index (χ1v) is 8.40. The molecule has 2 rings (SSSR count). The second kappa shape index (κ2) is 9.69. The number of carbonyl (C=O) groups excluding carboxylic acids is 2. The molecule has 2 aliphatic heterocycles. The van der Waals surface area contributed by atoms with Crippen LogP contribution in [0.2, 0.25) is 0 Å². The van der Waals surface area contributed by atoms with Crippen molar-refractivity contribution in [2.45, 2.75) is 6.92 Å². The molecule has 2 amide bonds. The summed E-state index contributed by atoms with van der Waals surface area (Å²) in [5.74, 6) is 0.0443. The average molecular weight is 328 g/mol. The van der Waals surface area contributed by atoms with Crippen LogP contribution in [0.5, 0.6) is 0 Å². The normalized spacial score (nSPS) is 20.3. The summed E-state index contributed by atoms with van der Waals surface area (Å²) in [4.78, 5) is 29.6. The van der Waals surface area contributed by atoms with Gasteiger partial charge in [-0.2, -0.15) is 0 Å². The van der Waals surface area contributed by atoms with E-state index in [4.69, 9.17) is 9.47 Å². The Hall–Kier alpha value is -1.38. The minimum atomic E-state index is -0.262. The van der Waals surface area contributed by atoms with E-state index in [0.717, 1.165) is 32.8 Å². The van der Waals surface area contributed by atoms with Crippen molar-refractivity contribution in [3.05, 3.63) is 0 Å². The smallest absolute Gasteiger partial charge is 0.409 e. The Labute approximate surface area is 137 Å². The van der Waals surface area contributed by atoms with Crippen molar-refractivity contribution in [1.82, 2.24) is 20.0 Å². The van der Waals surface area contributed by atoms with Gasteiger partial charge >= 0.3 is 6.09 Å². The summed E-state index contributed by atoms with van der Waals surface area (Å²) in [5.41, 5.74) is 0. The number of carbonyl (C=O) groups is 2. The highest BCUT2D eigenvalue weighted by molar-refractivity contribution is 5.78. The Morgan fingerprint density at radius 1 is 1.04 bits per heavy atom. The summed E-state index contributed by atoms with van der Waals surface area (Å²) in [5, 5.41) is 2.96. The molecule has 2 aliphatic rings. The van der Waals surface area contributed by atoms with E-state index in [0.29, 0.717) is 45.9 Å². The molecule has 0 aliphatic carbocycles. The quantitative estimate of drug-likeness (QED) is 0.689. The Morgan fingerprint density at radius 2 is 1.74 bits per heavy atom. The molecule has 8 heteroatoms. The highest BCUT2D eigenvalue weighted by Gasteiger charge is 2.23. The fraction of sp³-hybridized carbons (Fsp3) is 0.867. The van der Waals surface area contributed by atoms with E-state index >= 15 is 0 Å². The van der Waals surface area contributed by atoms with Crippen LogP contribution in [0.4, 0.5) is 4.79 Å². The number of piperazine rings is 1. The highest BCUT2D eigenvalue weighted by Crippen LogP contribution is 2.03. The zero-order valence-corrected chi connectivity index (χ0v) is 14.0. The Bertz CT molecular complexity index is 380. The fourth-order valence-electron chi connectivity index (χ4n) is 2.74. The van der Waals surface area contributed by atoms with E-state index in [1.165, 1.54) is 0 Å². The zero-order valence-electron chi connectivity index (χ0n) is 14.0. The van der Waals surface area contributed by atoms with Gasteiger partial charge in [-0.05, 0) is 6.92 Å². The summed E-state index contributed by atoms with van der Waals surface area (Å²) < 4.78 is 10.3. The maximum absolute atomic E-state index is 12.0. The third-order valence-electron chi connectivity index (χ3n) is 4.12. The lowest BCUT2D eigenvalue weighted by Crippen LogP contribution is -2.51. The van der Waals surface area contributed by atoms with Gasteiger partial charge in [0.25, 0.3) is 0 Å². The lowest BCUT2D eigenvalue weighted by atomic mass is 10.3. The molecule has 1 N–H and O–H groups in total. The molecule has 0 radical (unpaired) electrons. The number of amides is 2. The molecule has 2 fully saturated rings. The lowest BCUT2D eigenvalue weighted by Gasteiger charge is -2.33. The first-order valence-electron chi connectivity index (χ1n) is 8.40. The molecule has 8 nitrogen and oxygen atoms in total. The third kappa shape index (κ3) is 6.32. The minimum Gasteiger partial charge on any atom is -0.450 e. The van der Waals surface area contributed by atoms with Crippen LogP contribution in [0.3, 0.4) is 0 Å². The predicted octanol–water partition coefficient (Wildman–Crippen LogP) is -0.791. The molecule has 0 aromatic rings. The van der Waals surface area contributed by atoms with Crippen LogP contribution in [0.1, 0.15) is 6.92 Å². The summed E-state index contributed by atoms with van der Waals surface area (Å²) in [6.45, 7) is 10.2. The fourth-order valence-corrected chi connectivity index (χ4v) is 2.74. The maximum Gasteiger partial charge on any atom is 0.409 e. The van der Waals surface area contributed by atoms with Crippen LogP contribution in [0, 0.1) is 0 Å². The largest absolute Gasteiger partial charge is 0.450 e. The number of hydrogen-bond donors (Lipinski definition) is 1. The Morgan fingerprint density at radius 3 is 2.39 bits per heavy atom. The second-order valence-corrected chi connectivity index (χ2v) is 5.77. The van der Waals surface area contributed by atoms with E-state index in [9.17, 15) is 9.59 Å². The van der Waals surface area contributed by atoms with E-state index in [1.54, 1.807) is 11.8 Å². The molecule has 0 atom stereocenters. The van der Waals surface area contributed by atoms with Crippen molar-refractivity contribution in [3.8, 4) is 0 Å². The molecule has 0 saturated carbocycles. The van der Waals surface area contributed by atoms with E-state index in [-0.39, 0.29) is 12.0 Å². The molecule has 0 aromatic heterocycles. The topological polar surface area (TPSA) is 74.4 Å². The van der Waals surface area contributed by atoms with Crippen molar-refractivity contribution in [1.29, 1.82) is 0 Å². The Kier molecular flexibility index (Phi) is 7.57. The van der Waals surface area contributed by atoms with E-state index in [1.807, 2.05) is 0 Å². The van der Waals surface area contributed by atoms with Gasteiger partial charge in [0.1, 0.15) is 0 Å². The van der Waals surface area contributed by atoms with Gasteiger partial charge in [-0.3, -0.25) is 14.6 Å². The van der Waals surface area contributed by atoms with Gasteiger partial charge in [-0.15, -0.1) is 0 Å². The number of nitrogens with zero attached hydrogens (tertiary/aromatic N) is 3. The summed E-state index contributed by atoms with van der Waals surface area (Å²) in [6.07, 6.45) is -0.262. The van der Waals surface area contributed by atoms with Crippen molar-refractivity contribution in [2.75, 3.05) is 78.7 Å². The molecule has 23 heavy (non-hydrogen) atoms. The average Bonchev–Trinajstić information content (AvgIpc) is 2.57. The van der Waals surface area contributed by atoms with Crippen molar-refractivity contribution in [3.63, 3.8) is 0 Å². The van der Waals surface area contributed by atoms with Crippen LogP contribution in [0.25, 0.3) is 0 Å². The van der Waals surface area contributed by atoms with Crippen LogP contribution < -0.4 is 5.32 Å². The van der Waals surface area contributed by atoms with Crippen LogP contribution >= 0.6 is 0 Å². The molecule has 2 heterocycles. The number of rotatable bonds is 6. The Balaban J connectivity index is 1.56. The minimum absolute atomic E-state index is 0.0443. The lowest BCUT2D eigenvalue weighted by molar-refractivity contribution is -0.122. The first-order chi connectivity index (χ1) is 11.2. The van der Waals surface area contributed by atoms with Crippen LogP contribution in [-0.4, -0.2) is 105 Å². The molecule has 2 saturated heterocycles. The number of ether oxygens (including phenoxy) is 2. The number of hydrogen-bond acceptors (Lipinski definition) is 6. The van der Waals surface area contributed by atoms with Crippen molar-refractivity contribution >= 4 is 12.0 Å². The molecule has 0 aromatic carbocycles. The van der Waals surface area contributed by atoms with Crippen LogP contribution in [0.15, 0.2) is 0 Å². The summed E-state index contributed by atoms with van der Waals surface area (Å²) in [6, 6.07) is 0.